The maximum atomic E-state index is 12.6. The van der Waals surface area contributed by atoms with Crippen molar-refractivity contribution in [3.8, 4) is 0 Å². The Labute approximate surface area is 181 Å². The molecule has 0 saturated carbocycles. The molecule has 0 radical (unpaired) electrons. The number of aryl methyl sites for hydroxylation is 1. The van der Waals surface area contributed by atoms with E-state index >= 15 is 0 Å². The van der Waals surface area contributed by atoms with E-state index in [0.717, 1.165) is 11.3 Å². The van der Waals surface area contributed by atoms with Crippen LogP contribution in [-0.4, -0.2) is 45.6 Å². The molecule has 0 spiro atoms. The first kappa shape index (κ1) is 21.2. The average molecular weight is 448 g/mol. The number of thioether (sulfide) groups is 1. The lowest BCUT2D eigenvalue weighted by Crippen LogP contribution is -2.31. The number of nitrogens with one attached hydrogen (secondary N) is 1. The number of rotatable bonds is 6. The third kappa shape index (κ3) is 5.28. The van der Waals surface area contributed by atoms with Crippen molar-refractivity contribution in [2.45, 2.75) is 13.3 Å². The number of amides is 2. The zero-order valence-corrected chi connectivity index (χ0v) is 18.1. The van der Waals surface area contributed by atoms with Crippen LogP contribution in [0.4, 0.5) is 5.13 Å². The van der Waals surface area contributed by atoms with E-state index in [9.17, 15) is 14.4 Å². The summed E-state index contributed by atoms with van der Waals surface area (Å²) in [6.07, 6.45) is 1.82. The first-order chi connectivity index (χ1) is 13.9. The second-order valence-corrected chi connectivity index (χ2v) is 8.57. The van der Waals surface area contributed by atoms with Gasteiger partial charge in [-0.25, -0.2) is 9.78 Å². The zero-order chi connectivity index (χ0) is 21.0. The van der Waals surface area contributed by atoms with Gasteiger partial charge in [-0.2, -0.15) is 0 Å². The number of hydrogen-bond acceptors (Lipinski definition) is 8. The average Bonchev–Trinajstić information content (AvgIpc) is 3.22. The Morgan fingerprint density at radius 1 is 1.31 bits per heavy atom. The van der Waals surface area contributed by atoms with Gasteiger partial charge in [0.2, 0.25) is 5.91 Å². The summed E-state index contributed by atoms with van der Waals surface area (Å²) in [6, 6.07) is 6.71. The molecule has 1 aliphatic rings. The first-order valence-electron chi connectivity index (χ1n) is 8.53. The number of aromatic nitrogens is 1. The SMILES string of the molecule is COC(=O)c1ccc(/C=C2\SC(=S)N(CCC(=O)Nc3nc(C)cs3)C2=O)cc1. The number of methoxy groups -OCH3 is 1. The molecule has 0 bridgehead atoms. The normalized spacial score (nSPS) is 15.1. The number of anilines is 1. The van der Waals surface area contributed by atoms with Gasteiger partial charge in [-0.1, -0.05) is 36.1 Å². The number of benzene rings is 1. The number of carbonyl (C=O) groups is 3. The van der Waals surface area contributed by atoms with Crippen LogP contribution in [-0.2, 0) is 14.3 Å². The van der Waals surface area contributed by atoms with Crippen LogP contribution in [0.25, 0.3) is 6.08 Å². The number of ether oxygens (including phenoxy) is 1. The van der Waals surface area contributed by atoms with Gasteiger partial charge < -0.3 is 10.1 Å². The summed E-state index contributed by atoms with van der Waals surface area (Å²) in [6.45, 7) is 2.04. The van der Waals surface area contributed by atoms with Crippen molar-refractivity contribution >= 4 is 68.6 Å². The maximum Gasteiger partial charge on any atom is 0.337 e. The van der Waals surface area contributed by atoms with Gasteiger partial charge in [0.05, 0.1) is 23.3 Å². The molecule has 1 N–H and O–H groups in total. The van der Waals surface area contributed by atoms with E-state index < -0.39 is 5.97 Å². The minimum Gasteiger partial charge on any atom is -0.465 e. The second kappa shape index (κ2) is 9.29. The number of esters is 1. The molecular weight excluding hydrogens is 430 g/mol. The fraction of sp³-hybridized carbons (Fsp3) is 0.211. The molecule has 0 atom stereocenters. The van der Waals surface area contributed by atoms with Gasteiger partial charge in [-0.3, -0.25) is 14.5 Å². The molecular formula is C19H17N3O4S3. The van der Waals surface area contributed by atoms with Crippen LogP contribution >= 0.6 is 35.3 Å². The predicted octanol–water partition coefficient (Wildman–Crippen LogP) is 3.47. The first-order valence-corrected chi connectivity index (χ1v) is 10.6. The lowest BCUT2D eigenvalue weighted by atomic mass is 10.1. The highest BCUT2D eigenvalue weighted by Crippen LogP contribution is 2.32. The second-order valence-electron chi connectivity index (χ2n) is 6.04. The van der Waals surface area contributed by atoms with E-state index in [1.807, 2.05) is 12.3 Å². The number of nitrogens with zero attached hydrogens (tertiary/aromatic N) is 2. The number of thiazole rings is 1. The quantitative estimate of drug-likeness (QED) is 0.412. The Bertz CT molecular complexity index is 998. The monoisotopic (exact) mass is 447 g/mol. The molecule has 2 aromatic rings. The fourth-order valence-electron chi connectivity index (χ4n) is 2.48. The summed E-state index contributed by atoms with van der Waals surface area (Å²) in [5.74, 6) is -0.889. The van der Waals surface area contributed by atoms with E-state index in [1.54, 1.807) is 30.3 Å². The third-order valence-corrected chi connectivity index (χ3v) is 6.18. The molecule has 2 amide bonds. The van der Waals surface area contributed by atoms with Gasteiger partial charge in [0, 0.05) is 18.3 Å². The van der Waals surface area contributed by atoms with E-state index in [1.165, 1.54) is 35.1 Å². The minimum atomic E-state index is -0.422. The summed E-state index contributed by atoms with van der Waals surface area (Å²) < 4.78 is 5.07. The minimum absolute atomic E-state index is 0.117. The van der Waals surface area contributed by atoms with Crippen LogP contribution in [0.2, 0.25) is 0 Å². The molecule has 0 aliphatic carbocycles. The van der Waals surface area contributed by atoms with Crippen molar-refractivity contribution in [3.05, 3.63) is 51.4 Å². The predicted molar refractivity (Wildman–Crippen MR) is 118 cm³/mol. The summed E-state index contributed by atoms with van der Waals surface area (Å²) >= 11 is 7.83. The van der Waals surface area contributed by atoms with E-state index in [4.69, 9.17) is 12.2 Å². The van der Waals surface area contributed by atoms with Crippen molar-refractivity contribution in [2.24, 2.45) is 0 Å². The Balaban J connectivity index is 1.60. The van der Waals surface area contributed by atoms with Crippen LogP contribution in [0.1, 0.15) is 28.0 Å². The van der Waals surface area contributed by atoms with Crippen molar-refractivity contribution in [1.82, 2.24) is 9.88 Å². The molecule has 1 saturated heterocycles. The molecule has 3 rings (SSSR count). The van der Waals surface area contributed by atoms with Crippen LogP contribution < -0.4 is 5.32 Å². The van der Waals surface area contributed by atoms with Gasteiger partial charge in [0.15, 0.2) is 5.13 Å². The van der Waals surface area contributed by atoms with Crippen molar-refractivity contribution in [1.29, 1.82) is 0 Å². The third-order valence-electron chi connectivity index (χ3n) is 3.93. The van der Waals surface area contributed by atoms with Crippen LogP contribution in [0.5, 0.6) is 0 Å². The van der Waals surface area contributed by atoms with Crippen molar-refractivity contribution in [3.63, 3.8) is 0 Å². The summed E-state index contributed by atoms with van der Waals surface area (Å²) in [7, 11) is 1.32. The molecule has 7 nitrogen and oxygen atoms in total. The molecule has 29 heavy (non-hydrogen) atoms. The summed E-state index contributed by atoms with van der Waals surface area (Å²) in [4.78, 5) is 42.3. The molecule has 1 fully saturated rings. The van der Waals surface area contributed by atoms with E-state index in [-0.39, 0.29) is 24.8 Å². The van der Waals surface area contributed by atoms with Crippen molar-refractivity contribution < 1.29 is 19.1 Å². The van der Waals surface area contributed by atoms with Crippen LogP contribution in [0.3, 0.4) is 0 Å². The Morgan fingerprint density at radius 3 is 2.66 bits per heavy atom. The largest absolute Gasteiger partial charge is 0.465 e. The highest BCUT2D eigenvalue weighted by molar-refractivity contribution is 8.26. The Hall–Kier alpha value is -2.56. The van der Waals surface area contributed by atoms with Gasteiger partial charge in [0.1, 0.15) is 4.32 Å². The maximum absolute atomic E-state index is 12.6. The molecule has 1 aromatic carbocycles. The van der Waals surface area contributed by atoms with Gasteiger partial charge in [0.25, 0.3) is 5.91 Å². The fourth-order valence-corrected chi connectivity index (χ4v) is 4.50. The summed E-state index contributed by atoms with van der Waals surface area (Å²) in [5, 5.41) is 5.10. The molecule has 0 unspecified atom stereocenters. The van der Waals surface area contributed by atoms with E-state index in [0.29, 0.717) is 19.9 Å². The Kier molecular flexibility index (Phi) is 6.78. The van der Waals surface area contributed by atoms with Crippen molar-refractivity contribution in [2.75, 3.05) is 19.0 Å². The zero-order valence-electron chi connectivity index (χ0n) is 15.6. The number of thiocarbonyl (C=S) groups is 1. The number of carbonyl (C=O) groups excluding carboxylic acids is 3. The molecule has 150 valence electrons. The lowest BCUT2D eigenvalue weighted by molar-refractivity contribution is -0.122. The standard InChI is InChI=1S/C19H17N3O4S3/c1-11-10-28-18(20-11)21-15(23)7-8-22-16(24)14(29-19(22)27)9-12-3-5-13(6-4-12)17(25)26-2/h3-6,9-10H,7-8H2,1-2H3,(H,20,21,23)/b14-9-. The van der Waals surface area contributed by atoms with Gasteiger partial charge in [-0.15, -0.1) is 11.3 Å². The van der Waals surface area contributed by atoms with Crippen LogP contribution in [0.15, 0.2) is 34.6 Å². The summed E-state index contributed by atoms with van der Waals surface area (Å²) in [5.41, 5.74) is 2.03. The Morgan fingerprint density at radius 2 is 2.03 bits per heavy atom. The van der Waals surface area contributed by atoms with Gasteiger partial charge in [-0.05, 0) is 30.7 Å². The van der Waals surface area contributed by atoms with E-state index in [2.05, 4.69) is 15.0 Å². The molecule has 1 aliphatic heterocycles. The smallest absolute Gasteiger partial charge is 0.337 e. The van der Waals surface area contributed by atoms with Gasteiger partial charge >= 0.3 is 5.97 Å². The number of hydrogen-bond donors (Lipinski definition) is 1. The molecule has 1 aromatic heterocycles. The topological polar surface area (TPSA) is 88.6 Å². The lowest BCUT2D eigenvalue weighted by Gasteiger charge is -2.13. The van der Waals surface area contributed by atoms with Crippen LogP contribution in [0, 0.1) is 6.92 Å². The highest BCUT2D eigenvalue weighted by atomic mass is 32.2. The highest BCUT2D eigenvalue weighted by Gasteiger charge is 2.32. The molecule has 10 heteroatoms. The molecule has 2 heterocycles.